The molecule has 1 aliphatic heterocycles. The first-order valence-electron chi connectivity index (χ1n) is 8.91. The molecule has 0 saturated carbocycles. The Hall–Kier alpha value is -3.40. The summed E-state index contributed by atoms with van der Waals surface area (Å²) in [5.41, 5.74) is 5.27. The zero-order valence-corrected chi connectivity index (χ0v) is 16.5. The molecule has 164 valence electrons. The Balaban J connectivity index is 1.40. The number of ether oxygens (including phenoxy) is 1. The van der Waals surface area contributed by atoms with Crippen LogP contribution in [0.5, 0.6) is 0 Å². The van der Waals surface area contributed by atoms with Crippen LogP contribution in [0.1, 0.15) is 23.0 Å². The largest absolute Gasteiger partial charge is 0.388 e. The van der Waals surface area contributed by atoms with E-state index in [1.54, 1.807) is 4.72 Å². The molecule has 1 saturated heterocycles. The Morgan fingerprint density at radius 2 is 2.23 bits per heavy atom. The van der Waals surface area contributed by atoms with Crippen LogP contribution in [-0.4, -0.2) is 62.7 Å². The summed E-state index contributed by atoms with van der Waals surface area (Å²) in [5.74, 6) is -0.982. The minimum atomic E-state index is -4.53. The first-order chi connectivity index (χ1) is 14.7. The van der Waals surface area contributed by atoms with Crippen molar-refractivity contribution in [3.63, 3.8) is 0 Å². The zero-order chi connectivity index (χ0) is 22.2. The van der Waals surface area contributed by atoms with Crippen molar-refractivity contribution in [1.29, 1.82) is 0 Å². The number of carbonyl (C=O) groups excluding carboxylic acids is 1. The first-order valence-corrected chi connectivity index (χ1v) is 10.3. The van der Waals surface area contributed by atoms with E-state index in [9.17, 15) is 23.1 Å². The van der Waals surface area contributed by atoms with Gasteiger partial charge in [-0.2, -0.15) is 8.42 Å². The second-order valence-electron chi connectivity index (χ2n) is 6.62. The van der Waals surface area contributed by atoms with Crippen LogP contribution >= 0.6 is 0 Å². The summed E-state index contributed by atoms with van der Waals surface area (Å²) in [4.78, 5) is 37.8. The molecule has 4 heterocycles. The number of amides is 1. The number of hydrogen-bond acceptors (Lipinski definition) is 11. The van der Waals surface area contributed by atoms with Gasteiger partial charge in [-0.05, 0) is 12.1 Å². The number of nitrogen functional groups attached to an aromatic ring is 1. The maximum Gasteiger partial charge on any atom is 0.362 e. The molecule has 14 nitrogen and oxygen atoms in total. The minimum Gasteiger partial charge on any atom is -0.388 e. The quantitative estimate of drug-likeness (QED) is 0.337. The molecule has 0 bridgehead atoms. The fraction of sp³-hybridized carbons (Fsp3) is 0.312. The number of aliphatic hydroxyl groups is 1. The third-order valence-electron chi connectivity index (χ3n) is 4.52. The molecule has 3 aromatic rings. The van der Waals surface area contributed by atoms with Gasteiger partial charge in [0.1, 0.15) is 23.5 Å². The molecule has 1 fully saturated rings. The van der Waals surface area contributed by atoms with E-state index < -0.39 is 52.4 Å². The summed E-state index contributed by atoms with van der Waals surface area (Å²) in [7, 11) is -4.53. The van der Waals surface area contributed by atoms with Gasteiger partial charge in [0, 0.05) is 12.6 Å². The highest BCUT2D eigenvalue weighted by atomic mass is 32.2. The van der Waals surface area contributed by atoms with Gasteiger partial charge < -0.3 is 20.6 Å². The maximum absolute atomic E-state index is 12.1. The maximum atomic E-state index is 12.1. The predicted octanol–water partition coefficient (Wildman–Crippen LogP) is -1.56. The van der Waals surface area contributed by atoms with Gasteiger partial charge in [0.15, 0.2) is 17.7 Å². The van der Waals surface area contributed by atoms with Gasteiger partial charge in [-0.1, -0.05) is 0 Å². The van der Waals surface area contributed by atoms with Crippen LogP contribution in [0.25, 0.3) is 11.2 Å². The number of aromatic nitrogens is 5. The summed E-state index contributed by atoms with van der Waals surface area (Å²) < 4.78 is 37.7. The number of hydrogen-bond donors (Lipinski definition) is 4. The van der Waals surface area contributed by atoms with Crippen molar-refractivity contribution in [1.82, 2.24) is 29.2 Å². The molecule has 31 heavy (non-hydrogen) atoms. The van der Waals surface area contributed by atoms with Gasteiger partial charge in [-0.15, -0.1) is 0 Å². The van der Waals surface area contributed by atoms with E-state index in [2.05, 4.69) is 19.9 Å². The fourth-order valence-corrected chi connectivity index (χ4v) is 3.83. The monoisotopic (exact) mass is 451 g/mol. The van der Waals surface area contributed by atoms with Crippen molar-refractivity contribution in [3.8, 4) is 0 Å². The van der Waals surface area contributed by atoms with Crippen LogP contribution in [-0.2, 0) is 19.2 Å². The van der Waals surface area contributed by atoms with Crippen molar-refractivity contribution in [3.05, 3.63) is 46.9 Å². The molecular weight excluding hydrogens is 434 g/mol. The van der Waals surface area contributed by atoms with E-state index >= 15 is 0 Å². The van der Waals surface area contributed by atoms with E-state index in [0.717, 1.165) is 6.07 Å². The van der Waals surface area contributed by atoms with Gasteiger partial charge in [0.25, 0.3) is 11.5 Å². The van der Waals surface area contributed by atoms with E-state index in [0.29, 0.717) is 11.2 Å². The smallest absolute Gasteiger partial charge is 0.362 e. The summed E-state index contributed by atoms with van der Waals surface area (Å²) in [5, 5.41) is 10.4. The molecule has 15 heteroatoms. The Morgan fingerprint density at radius 1 is 1.42 bits per heavy atom. The number of nitrogens with two attached hydrogens (primary N) is 1. The third-order valence-corrected chi connectivity index (χ3v) is 5.40. The van der Waals surface area contributed by atoms with Crippen LogP contribution in [0.15, 0.2) is 35.8 Å². The van der Waals surface area contributed by atoms with Crippen LogP contribution < -0.4 is 16.0 Å². The summed E-state index contributed by atoms with van der Waals surface area (Å²) >= 11 is 0. The van der Waals surface area contributed by atoms with Crippen LogP contribution in [0.2, 0.25) is 0 Å². The number of nitrogens with zero attached hydrogens (tertiary/aromatic N) is 4. The molecule has 5 N–H and O–H groups in total. The third kappa shape index (κ3) is 4.24. The van der Waals surface area contributed by atoms with E-state index in [1.807, 2.05) is 0 Å². The van der Waals surface area contributed by atoms with Crippen LogP contribution in [0.3, 0.4) is 0 Å². The lowest BCUT2D eigenvalue weighted by molar-refractivity contribution is -0.0453. The topological polar surface area (TPSA) is 204 Å². The van der Waals surface area contributed by atoms with E-state index in [-0.39, 0.29) is 12.2 Å². The second kappa shape index (κ2) is 8.03. The summed E-state index contributed by atoms with van der Waals surface area (Å²) in [6, 6.07) is 2.53. The molecule has 4 rings (SSSR count). The molecule has 0 spiro atoms. The Bertz CT molecular complexity index is 1290. The first kappa shape index (κ1) is 20.9. The normalized spacial score (nSPS) is 21.4. The van der Waals surface area contributed by atoms with Crippen molar-refractivity contribution in [2.45, 2.75) is 24.9 Å². The number of imidazole rings is 1. The SMILES string of the molecule is Nc1ncnc2c1ncn2[C@@H]1O[C@H](COS(=O)(=O)NC(=O)c2ccc[nH]c2=O)CC1O. The number of anilines is 1. The lowest BCUT2D eigenvalue weighted by atomic mass is 10.2. The molecule has 0 aliphatic carbocycles. The lowest BCUT2D eigenvalue weighted by Gasteiger charge is -2.17. The van der Waals surface area contributed by atoms with Crippen molar-refractivity contribution in [2.75, 3.05) is 12.3 Å². The standard InChI is InChI=1S/C16H17N7O7S/c17-12-11-13(20-6-19-12)23(7-21-11)16-10(24)4-8(30-16)5-29-31(27,28)22-15(26)9-2-1-3-18-14(9)25/h1-3,6-8,10,16,24H,4-5H2,(H,18,25)(H,22,26)(H2,17,19,20)/t8-,10?,16+/m0/s1. The Labute approximate surface area is 174 Å². The molecule has 0 radical (unpaired) electrons. The van der Waals surface area contributed by atoms with Crippen molar-refractivity contribution >= 4 is 33.2 Å². The van der Waals surface area contributed by atoms with Crippen LogP contribution in [0, 0.1) is 0 Å². The second-order valence-corrected chi connectivity index (χ2v) is 7.97. The number of aromatic amines is 1. The highest BCUT2D eigenvalue weighted by molar-refractivity contribution is 7.85. The number of H-pyrrole nitrogens is 1. The van der Waals surface area contributed by atoms with E-state index in [1.165, 1.54) is 29.5 Å². The number of rotatable bonds is 6. The molecule has 1 aliphatic rings. The van der Waals surface area contributed by atoms with Gasteiger partial charge in [0.2, 0.25) is 0 Å². The fourth-order valence-electron chi connectivity index (χ4n) is 3.11. The van der Waals surface area contributed by atoms with Crippen molar-refractivity contribution in [2.24, 2.45) is 0 Å². The zero-order valence-electron chi connectivity index (χ0n) is 15.7. The van der Waals surface area contributed by atoms with Gasteiger partial charge in [-0.3, -0.25) is 18.3 Å². The molecular formula is C16H17N7O7S. The molecule has 1 amide bonds. The molecule has 3 atom stereocenters. The van der Waals surface area contributed by atoms with Crippen molar-refractivity contribution < 1.29 is 27.2 Å². The minimum absolute atomic E-state index is 0.0483. The van der Waals surface area contributed by atoms with Gasteiger partial charge in [0.05, 0.1) is 19.0 Å². The molecule has 1 unspecified atom stereocenters. The van der Waals surface area contributed by atoms with Gasteiger partial charge >= 0.3 is 10.3 Å². The average molecular weight is 451 g/mol. The molecule has 3 aromatic heterocycles. The predicted molar refractivity (Wildman–Crippen MR) is 104 cm³/mol. The Morgan fingerprint density at radius 3 is 3.00 bits per heavy atom. The molecule has 0 aromatic carbocycles. The van der Waals surface area contributed by atoms with Gasteiger partial charge in [-0.25, -0.2) is 19.7 Å². The van der Waals surface area contributed by atoms with Crippen LogP contribution in [0.4, 0.5) is 5.82 Å². The number of aliphatic hydroxyl groups excluding tert-OH is 1. The average Bonchev–Trinajstić information content (AvgIpc) is 3.30. The Kier molecular flexibility index (Phi) is 5.40. The lowest BCUT2D eigenvalue weighted by Crippen LogP contribution is -2.36. The highest BCUT2D eigenvalue weighted by Crippen LogP contribution is 2.31. The van der Waals surface area contributed by atoms with E-state index in [4.69, 9.17) is 14.7 Å². The number of nitrogens with one attached hydrogen (secondary N) is 2. The summed E-state index contributed by atoms with van der Waals surface area (Å²) in [6.07, 6.45) is 1.23. The number of pyridine rings is 1. The summed E-state index contributed by atoms with van der Waals surface area (Å²) in [6.45, 7) is -0.481. The highest BCUT2D eigenvalue weighted by Gasteiger charge is 2.37. The number of carbonyl (C=O) groups is 1. The number of fused-ring (bicyclic) bond motifs is 1.